The first-order valence-corrected chi connectivity index (χ1v) is 5.69. The summed E-state index contributed by atoms with van der Waals surface area (Å²) in [6.45, 7) is 0.776. The van der Waals surface area contributed by atoms with Gasteiger partial charge in [0, 0.05) is 17.6 Å². The van der Waals surface area contributed by atoms with Crippen molar-refractivity contribution in [2.45, 2.75) is 19.4 Å². The number of aromatic nitrogens is 1. The summed E-state index contributed by atoms with van der Waals surface area (Å²) in [5.41, 5.74) is 5.94. The van der Waals surface area contributed by atoms with Crippen LogP contribution < -0.4 is 15.9 Å². The molecule has 1 aromatic rings. The number of H-pyrrole nitrogens is 1. The lowest BCUT2D eigenvalue weighted by Gasteiger charge is -2.11. The Kier molecular flexibility index (Phi) is 2.62. The van der Waals surface area contributed by atoms with E-state index < -0.39 is 0 Å². The van der Waals surface area contributed by atoms with Crippen LogP contribution in [0.2, 0.25) is 0 Å². The summed E-state index contributed by atoms with van der Waals surface area (Å²) < 4.78 is 0. The van der Waals surface area contributed by atoms with Crippen LogP contribution in [-0.2, 0) is 11.3 Å². The molecule has 1 amide bonds. The molecule has 82 valence electrons. The van der Waals surface area contributed by atoms with E-state index in [2.05, 4.69) is 10.3 Å². The van der Waals surface area contributed by atoms with Gasteiger partial charge in [-0.15, -0.1) is 0 Å². The molecule has 0 aliphatic heterocycles. The normalized spacial score (nSPS) is 17.4. The lowest BCUT2D eigenvalue weighted by atomic mass is 10.1. The Bertz CT molecular complexity index is 419. The molecule has 1 aromatic heterocycles. The monoisotopic (exact) mass is 227 g/mol. The SMILES string of the molecule is NCC1(C(=O)NCc2csc(=O)[nH]2)CC1. The zero-order valence-corrected chi connectivity index (χ0v) is 9.02. The molecular weight excluding hydrogens is 214 g/mol. The molecule has 0 aromatic carbocycles. The van der Waals surface area contributed by atoms with Crippen molar-refractivity contribution in [3.05, 3.63) is 20.7 Å². The molecule has 1 aliphatic rings. The second-order valence-electron chi connectivity index (χ2n) is 3.84. The number of amides is 1. The molecule has 15 heavy (non-hydrogen) atoms. The van der Waals surface area contributed by atoms with Gasteiger partial charge in [-0.1, -0.05) is 11.3 Å². The van der Waals surface area contributed by atoms with Gasteiger partial charge in [0.15, 0.2) is 0 Å². The molecule has 1 saturated carbocycles. The highest BCUT2D eigenvalue weighted by Gasteiger charge is 2.48. The number of rotatable bonds is 4. The number of thiazole rings is 1. The minimum Gasteiger partial charge on any atom is -0.350 e. The molecule has 0 atom stereocenters. The van der Waals surface area contributed by atoms with E-state index in [0.717, 1.165) is 29.9 Å². The summed E-state index contributed by atoms with van der Waals surface area (Å²) in [5, 5.41) is 4.50. The Morgan fingerprint density at radius 3 is 2.87 bits per heavy atom. The number of nitrogens with one attached hydrogen (secondary N) is 2. The molecule has 1 heterocycles. The van der Waals surface area contributed by atoms with Gasteiger partial charge in [-0.3, -0.25) is 9.59 Å². The van der Waals surface area contributed by atoms with Gasteiger partial charge < -0.3 is 16.0 Å². The van der Waals surface area contributed by atoms with Crippen molar-refractivity contribution in [2.24, 2.45) is 11.1 Å². The van der Waals surface area contributed by atoms with Crippen molar-refractivity contribution >= 4 is 17.2 Å². The average molecular weight is 227 g/mol. The first-order valence-electron chi connectivity index (χ1n) is 4.81. The Morgan fingerprint density at radius 2 is 2.40 bits per heavy atom. The number of hydrogen-bond donors (Lipinski definition) is 3. The van der Waals surface area contributed by atoms with Gasteiger partial charge in [0.05, 0.1) is 12.0 Å². The standard InChI is InChI=1S/C9H13N3O2S/c10-5-9(1-2-9)7(13)11-3-6-4-15-8(14)12-6/h4H,1-3,5,10H2,(H,11,13)(H,12,14). The van der Waals surface area contributed by atoms with E-state index in [-0.39, 0.29) is 16.2 Å². The second kappa shape index (κ2) is 3.79. The molecule has 1 aliphatic carbocycles. The highest BCUT2D eigenvalue weighted by atomic mass is 32.1. The van der Waals surface area contributed by atoms with Crippen molar-refractivity contribution in [1.29, 1.82) is 0 Å². The van der Waals surface area contributed by atoms with Crippen LogP contribution in [0.5, 0.6) is 0 Å². The van der Waals surface area contributed by atoms with Crippen LogP contribution in [0.1, 0.15) is 18.5 Å². The first kappa shape index (κ1) is 10.4. The Labute approximate surface area is 90.7 Å². The van der Waals surface area contributed by atoms with E-state index in [1.54, 1.807) is 5.38 Å². The summed E-state index contributed by atoms with van der Waals surface area (Å²) in [6.07, 6.45) is 1.74. The fourth-order valence-corrected chi connectivity index (χ4v) is 2.02. The van der Waals surface area contributed by atoms with Crippen molar-refractivity contribution in [2.75, 3.05) is 6.54 Å². The molecule has 0 saturated heterocycles. The molecule has 0 spiro atoms. The van der Waals surface area contributed by atoms with Crippen LogP contribution in [0.15, 0.2) is 10.2 Å². The molecule has 0 bridgehead atoms. The van der Waals surface area contributed by atoms with Gasteiger partial charge in [-0.05, 0) is 12.8 Å². The third kappa shape index (κ3) is 2.10. The zero-order chi connectivity index (χ0) is 10.9. The predicted octanol–water partition coefficient (Wildman–Crippen LogP) is -0.209. The van der Waals surface area contributed by atoms with E-state index in [1.807, 2.05) is 0 Å². The molecule has 4 N–H and O–H groups in total. The highest BCUT2D eigenvalue weighted by molar-refractivity contribution is 7.07. The predicted molar refractivity (Wildman–Crippen MR) is 57.5 cm³/mol. The maximum Gasteiger partial charge on any atom is 0.304 e. The molecule has 2 rings (SSSR count). The van der Waals surface area contributed by atoms with Crippen LogP contribution in [0, 0.1) is 5.41 Å². The van der Waals surface area contributed by atoms with E-state index in [9.17, 15) is 9.59 Å². The smallest absolute Gasteiger partial charge is 0.304 e. The van der Waals surface area contributed by atoms with Crippen LogP contribution >= 0.6 is 11.3 Å². The van der Waals surface area contributed by atoms with E-state index >= 15 is 0 Å². The quantitative estimate of drug-likeness (QED) is 0.665. The van der Waals surface area contributed by atoms with Gasteiger partial charge in [0.1, 0.15) is 0 Å². The summed E-state index contributed by atoms with van der Waals surface area (Å²) >= 11 is 1.10. The maximum atomic E-state index is 11.7. The largest absolute Gasteiger partial charge is 0.350 e. The third-order valence-electron chi connectivity index (χ3n) is 2.74. The number of aromatic amines is 1. The number of carbonyl (C=O) groups is 1. The first-order chi connectivity index (χ1) is 7.16. The topological polar surface area (TPSA) is 88.0 Å². The summed E-state index contributed by atoms with van der Waals surface area (Å²) in [6, 6.07) is 0. The van der Waals surface area contributed by atoms with Gasteiger partial charge in [-0.25, -0.2) is 0 Å². The number of carbonyl (C=O) groups excluding carboxylic acids is 1. The Hall–Kier alpha value is -1.14. The van der Waals surface area contributed by atoms with Gasteiger partial charge in [0.25, 0.3) is 0 Å². The molecular formula is C9H13N3O2S. The fourth-order valence-electron chi connectivity index (χ4n) is 1.44. The minimum atomic E-state index is -0.323. The van der Waals surface area contributed by atoms with Gasteiger partial charge >= 0.3 is 4.87 Å². The molecule has 1 fully saturated rings. The van der Waals surface area contributed by atoms with E-state index in [4.69, 9.17) is 5.73 Å². The zero-order valence-electron chi connectivity index (χ0n) is 8.21. The number of hydrogen-bond acceptors (Lipinski definition) is 4. The molecule has 0 unspecified atom stereocenters. The lowest BCUT2D eigenvalue weighted by Crippen LogP contribution is -2.36. The molecule has 5 nitrogen and oxygen atoms in total. The van der Waals surface area contributed by atoms with E-state index in [0.29, 0.717) is 13.1 Å². The minimum absolute atomic E-state index is 0.00273. The summed E-state index contributed by atoms with van der Waals surface area (Å²) in [7, 11) is 0. The lowest BCUT2D eigenvalue weighted by molar-refractivity contribution is -0.126. The summed E-state index contributed by atoms with van der Waals surface area (Å²) in [4.78, 5) is 25.0. The van der Waals surface area contributed by atoms with Crippen LogP contribution in [0.3, 0.4) is 0 Å². The maximum absolute atomic E-state index is 11.7. The third-order valence-corrected chi connectivity index (χ3v) is 3.45. The van der Waals surface area contributed by atoms with Crippen LogP contribution in [-0.4, -0.2) is 17.4 Å². The fraction of sp³-hybridized carbons (Fsp3) is 0.556. The molecule has 0 radical (unpaired) electrons. The van der Waals surface area contributed by atoms with Crippen LogP contribution in [0.25, 0.3) is 0 Å². The van der Waals surface area contributed by atoms with Crippen molar-refractivity contribution in [1.82, 2.24) is 10.3 Å². The Morgan fingerprint density at radius 1 is 1.67 bits per heavy atom. The van der Waals surface area contributed by atoms with Crippen molar-refractivity contribution in [3.8, 4) is 0 Å². The Balaban J connectivity index is 1.89. The van der Waals surface area contributed by atoms with Crippen LogP contribution in [0.4, 0.5) is 0 Å². The van der Waals surface area contributed by atoms with Crippen molar-refractivity contribution in [3.63, 3.8) is 0 Å². The number of nitrogens with two attached hydrogens (primary N) is 1. The van der Waals surface area contributed by atoms with E-state index in [1.165, 1.54) is 0 Å². The van der Waals surface area contributed by atoms with Gasteiger partial charge in [-0.2, -0.15) is 0 Å². The van der Waals surface area contributed by atoms with Gasteiger partial charge in [0.2, 0.25) is 5.91 Å². The summed E-state index contributed by atoms with van der Waals surface area (Å²) in [5.74, 6) is -0.00273. The molecule has 6 heteroatoms. The van der Waals surface area contributed by atoms with Crippen molar-refractivity contribution < 1.29 is 4.79 Å². The average Bonchev–Trinajstić information content (AvgIpc) is 2.93. The second-order valence-corrected chi connectivity index (χ2v) is 4.68. The highest BCUT2D eigenvalue weighted by Crippen LogP contribution is 2.44.